The number of rotatable bonds is 5. The number of nitrogens with zero attached hydrogens (tertiary/aromatic N) is 1. The second-order valence-corrected chi connectivity index (χ2v) is 8.27. The Kier molecular flexibility index (Phi) is 5.48. The quantitative estimate of drug-likeness (QED) is 0.401. The van der Waals surface area contributed by atoms with Crippen molar-refractivity contribution in [2.45, 2.75) is 42.9 Å². The highest BCUT2D eigenvalue weighted by Gasteiger charge is 2.23. The third kappa shape index (κ3) is 4.16. The van der Waals surface area contributed by atoms with Crippen molar-refractivity contribution in [3.8, 4) is 5.75 Å². The zero-order valence-corrected chi connectivity index (χ0v) is 15.5. The highest BCUT2D eigenvalue weighted by molar-refractivity contribution is 7.87. The number of halogens is 1. The molecule has 26 heavy (non-hydrogen) atoms. The maximum atomic E-state index is 12.4. The normalized spacial score (nSPS) is 15.6. The van der Waals surface area contributed by atoms with Crippen molar-refractivity contribution in [2.75, 3.05) is 0 Å². The monoisotopic (exact) mass is 395 g/mol. The van der Waals surface area contributed by atoms with Gasteiger partial charge in [-0.3, -0.25) is 10.1 Å². The van der Waals surface area contributed by atoms with Crippen molar-refractivity contribution in [3.63, 3.8) is 0 Å². The fourth-order valence-electron chi connectivity index (χ4n) is 3.19. The molecule has 138 valence electrons. The van der Waals surface area contributed by atoms with E-state index in [1.807, 2.05) is 12.1 Å². The van der Waals surface area contributed by atoms with Crippen LogP contribution in [-0.2, 0) is 10.1 Å². The molecule has 1 saturated carbocycles. The molecular weight excluding hydrogens is 378 g/mol. The van der Waals surface area contributed by atoms with Crippen molar-refractivity contribution >= 4 is 27.4 Å². The summed E-state index contributed by atoms with van der Waals surface area (Å²) in [4.78, 5) is 9.88. The van der Waals surface area contributed by atoms with Crippen LogP contribution >= 0.6 is 11.6 Å². The van der Waals surface area contributed by atoms with Gasteiger partial charge >= 0.3 is 10.1 Å². The van der Waals surface area contributed by atoms with Crippen LogP contribution in [0.5, 0.6) is 5.75 Å². The molecule has 0 heterocycles. The van der Waals surface area contributed by atoms with Crippen LogP contribution < -0.4 is 4.18 Å². The molecule has 2 aromatic carbocycles. The van der Waals surface area contributed by atoms with Gasteiger partial charge in [-0.15, -0.1) is 0 Å². The molecule has 8 heteroatoms. The first-order valence-electron chi connectivity index (χ1n) is 8.35. The maximum absolute atomic E-state index is 12.4. The van der Waals surface area contributed by atoms with Gasteiger partial charge in [0.2, 0.25) is 0 Å². The minimum Gasteiger partial charge on any atom is -0.379 e. The van der Waals surface area contributed by atoms with Gasteiger partial charge < -0.3 is 4.18 Å². The smallest absolute Gasteiger partial charge is 0.339 e. The first-order valence-corrected chi connectivity index (χ1v) is 10.1. The van der Waals surface area contributed by atoms with Crippen molar-refractivity contribution in [3.05, 3.63) is 63.2 Å². The molecule has 2 aromatic rings. The Labute approximate surface area is 157 Å². The van der Waals surface area contributed by atoms with Gasteiger partial charge in [0.1, 0.15) is 15.7 Å². The summed E-state index contributed by atoms with van der Waals surface area (Å²) in [5.41, 5.74) is 0.695. The molecule has 1 aliphatic rings. The maximum Gasteiger partial charge on any atom is 0.339 e. The lowest BCUT2D eigenvalue weighted by molar-refractivity contribution is -0.384. The first kappa shape index (κ1) is 18.7. The molecule has 0 N–H and O–H groups in total. The SMILES string of the molecule is O=[N+]([O-])c1cc(S(=O)(=O)Oc2ccc(C3CCCCC3)cc2)ccc1Cl. The summed E-state index contributed by atoms with van der Waals surface area (Å²) in [6, 6.07) is 10.2. The van der Waals surface area contributed by atoms with Crippen LogP contribution in [0.2, 0.25) is 5.02 Å². The molecule has 0 unspecified atom stereocenters. The predicted molar refractivity (Wildman–Crippen MR) is 98.2 cm³/mol. The Hall–Kier alpha value is -2.12. The van der Waals surface area contributed by atoms with Crippen LogP contribution in [-0.4, -0.2) is 13.3 Å². The zero-order chi connectivity index (χ0) is 18.7. The van der Waals surface area contributed by atoms with E-state index in [1.165, 1.54) is 37.0 Å². The average Bonchev–Trinajstić information content (AvgIpc) is 2.62. The Bertz CT molecular complexity index is 906. The molecular formula is C18H18ClNO5S. The Morgan fingerprint density at radius 3 is 2.31 bits per heavy atom. The fourth-order valence-corrected chi connectivity index (χ4v) is 4.33. The summed E-state index contributed by atoms with van der Waals surface area (Å²) >= 11 is 5.72. The Balaban J connectivity index is 1.79. The highest BCUT2D eigenvalue weighted by atomic mass is 35.5. The van der Waals surface area contributed by atoms with E-state index in [1.54, 1.807) is 12.1 Å². The van der Waals surface area contributed by atoms with Crippen molar-refractivity contribution in [2.24, 2.45) is 0 Å². The number of benzene rings is 2. The topological polar surface area (TPSA) is 86.5 Å². The summed E-state index contributed by atoms with van der Waals surface area (Å²) < 4.78 is 29.9. The fraction of sp³-hybridized carbons (Fsp3) is 0.333. The highest BCUT2D eigenvalue weighted by Crippen LogP contribution is 2.34. The van der Waals surface area contributed by atoms with Gasteiger partial charge in [-0.25, -0.2) is 0 Å². The summed E-state index contributed by atoms with van der Waals surface area (Å²) in [6.07, 6.45) is 5.99. The molecule has 1 aliphatic carbocycles. The third-order valence-electron chi connectivity index (χ3n) is 4.57. The lowest BCUT2D eigenvalue weighted by Gasteiger charge is -2.22. The molecule has 0 amide bonds. The molecule has 0 saturated heterocycles. The van der Waals surface area contributed by atoms with Crippen LogP contribution in [0.3, 0.4) is 0 Å². The van der Waals surface area contributed by atoms with Gasteiger partial charge in [0.15, 0.2) is 0 Å². The average molecular weight is 396 g/mol. The summed E-state index contributed by atoms with van der Waals surface area (Å²) in [7, 11) is -4.19. The van der Waals surface area contributed by atoms with E-state index < -0.39 is 20.7 Å². The summed E-state index contributed by atoms with van der Waals surface area (Å²) in [5, 5.41) is 10.8. The molecule has 0 spiro atoms. The number of nitro groups is 1. The van der Waals surface area contributed by atoms with E-state index in [0.29, 0.717) is 5.92 Å². The molecule has 3 rings (SSSR count). The van der Waals surface area contributed by atoms with E-state index in [-0.39, 0.29) is 15.7 Å². The molecule has 0 aliphatic heterocycles. The van der Waals surface area contributed by atoms with Crippen LogP contribution in [0.4, 0.5) is 5.69 Å². The van der Waals surface area contributed by atoms with Crippen molar-refractivity contribution in [1.29, 1.82) is 0 Å². The van der Waals surface area contributed by atoms with E-state index in [9.17, 15) is 18.5 Å². The van der Waals surface area contributed by atoms with Crippen LogP contribution in [0, 0.1) is 10.1 Å². The minimum absolute atomic E-state index is 0.134. The minimum atomic E-state index is -4.19. The van der Waals surface area contributed by atoms with E-state index in [0.717, 1.165) is 18.9 Å². The van der Waals surface area contributed by atoms with E-state index in [4.69, 9.17) is 15.8 Å². The second-order valence-electron chi connectivity index (χ2n) is 6.31. The summed E-state index contributed by atoms with van der Waals surface area (Å²) in [5.74, 6) is 0.676. The van der Waals surface area contributed by atoms with Gasteiger partial charge in [0.05, 0.1) is 4.92 Å². The molecule has 0 radical (unpaired) electrons. The Morgan fingerprint density at radius 1 is 1.04 bits per heavy atom. The van der Waals surface area contributed by atoms with Gasteiger partial charge in [-0.05, 0) is 48.6 Å². The van der Waals surface area contributed by atoms with E-state index in [2.05, 4.69) is 0 Å². The Morgan fingerprint density at radius 2 is 1.69 bits per heavy atom. The first-order chi connectivity index (χ1) is 12.4. The lowest BCUT2D eigenvalue weighted by atomic mass is 9.84. The molecule has 6 nitrogen and oxygen atoms in total. The van der Waals surface area contributed by atoms with Crippen LogP contribution in [0.15, 0.2) is 47.4 Å². The predicted octanol–water partition coefficient (Wildman–Crippen LogP) is 5.06. The third-order valence-corrected chi connectivity index (χ3v) is 6.13. The number of nitro benzene ring substituents is 1. The van der Waals surface area contributed by atoms with Gasteiger partial charge in [-0.2, -0.15) is 8.42 Å². The molecule has 0 atom stereocenters. The van der Waals surface area contributed by atoms with E-state index >= 15 is 0 Å². The standard InChI is InChI=1S/C18H18ClNO5S/c19-17-11-10-16(12-18(17)20(21)22)26(23,24)25-15-8-6-14(7-9-15)13-4-2-1-3-5-13/h6-13H,1-5H2. The number of hydrogen-bond donors (Lipinski definition) is 0. The lowest BCUT2D eigenvalue weighted by Crippen LogP contribution is -2.10. The van der Waals surface area contributed by atoms with Crippen LogP contribution in [0.25, 0.3) is 0 Å². The van der Waals surface area contributed by atoms with Crippen LogP contribution in [0.1, 0.15) is 43.6 Å². The second kappa shape index (κ2) is 7.63. The molecule has 0 aromatic heterocycles. The summed E-state index contributed by atoms with van der Waals surface area (Å²) in [6.45, 7) is 0. The largest absolute Gasteiger partial charge is 0.379 e. The van der Waals surface area contributed by atoms with Gasteiger partial charge in [0, 0.05) is 6.07 Å². The van der Waals surface area contributed by atoms with Crippen molar-refractivity contribution < 1.29 is 17.5 Å². The molecule has 1 fully saturated rings. The molecule has 0 bridgehead atoms. The van der Waals surface area contributed by atoms with Gasteiger partial charge in [0.25, 0.3) is 5.69 Å². The van der Waals surface area contributed by atoms with Crippen molar-refractivity contribution in [1.82, 2.24) is 0 Å². The van der Waals surface area contributed by atoms with Gasteiger partial charge in [-0.1, -0.05) is 43.0 Å². The number of hydrogen-bond acceptors (Lipinski definition) is 5. The zero-order valence-electron chi connectivity index (χ0n) is 13.9.